The molecule has 0 radical (unpaired) electrons. The van der Waals surface area contributed by atoms with Gasteiger partial charge in [0.15, 0.2) is 5.13 Å². The van der Waals surface area contributed by atoms with Crippen molar-refractivity contribution in [1.29, 1.82) is 0 Å². The second kappa shape index (κ2) is 8.28. The van der Waals surface area contributed by atoms with E-state index in [0.29, 0.717) is 34.0 Å². The summed E-state index contributed by atoms with van der Waals surface area (Å²) >= 11 is 7.26. The van der Waals surface area contributed by atoms with Gasteiger partial charge < -0.3 is 9.84 Å². The number of anilines is 1. The van der Waals surface area contributed by atoms with Crippen molar-refractivity contribution in [2.75, 3.05) is 5.32 Å². The van der Waals surface area contributed by atoms with E-state index in [2.05, 4.69) is 25.4 Å². The van der Waals surface area contributed by atoms with Gasteiger partial charge in [0, 0.05) is 35.0 Å². The summed E-state index contributed by atoms with van der Waals surface area (Å²) in [5.74, 6) is 0.620. The van der Waals surface area contributed by atoms with E-state index in [4.69, 9.17) is 16.1 Å². The Bertz CT molecular complexity index is 1080. The van der Waals surface area contributed by atoms with Crippen LogP contribution in [0.1, 0.15) is 12.3 Å². The van der Waals surface area contributed by atoms with Crippen LogP contribution in [0.15, 0.2) is 58.6 Å². The van der Waals surface area contributed by atoms with Crippen molar-refractivity contribution < 1.29 is 9.32 Å². The number of halogens is 1. The predicted molar refractivity (Wildman–Crippen MR) is 107 cm³/mol. The first-order valence-electron chi connectivity index (χ1n) is 8.43. The smallest absolute Gasteiger partial charge is 0.227 e. The second-order valence-electron chi connectivity index (χ2n) is 5.82. The number of thiazole rings is 1. The zero-order chi connectivity index (χ0) is 19.3. The molecule has 4 rings (SSSR count). The molecule has 1 N–H and O–H groups in total. The van der Waals surface area contributed by atoms with Crippen LogP contribution in [0.2, 0.25) is 5.02 Å². The Morgan fingerprint density at radius 2 is 1.96 bits per heavy atom. The van der Waals surface area contributed by atoms with Crippen molar-refractivity contribution in [2.45, 2.75) is 12.8 Å². The van der Waals surface area contributed by atoms with Gasteiger partial charge in [0.05, 0.1) is 5.69 Å². The molecule has 28 heavy (non-hydrogen) atoms. The van der Waals surface area contributed by atoms with E-state index in [1.54, 1.807) is 24.4 Å². The molecule has 0 unspecified atom stereocenters. The predicted octanol–water partition coefficient (Wildman–Crippen LogP) is 4.48. The van der Waals surface area contributed by atoms with Crippen LogP contribution >= 0.6 is 22.9 Å². The van der Waals surface area contributed by atoms with E-state index in [1.165, 1.54) is 11.3 Å². The lowest BCUT2D eigenvalue weighted by molar-refractivity contribution is -0.116. The first-order chi connectivity index (χ1) is 13.7. The maximum absolute atomic E-state index is 12.2. The minimum absolute atomic E-state index is 0.172. The number of aryl methyl sites for hydroxylation is 1. The third-order valence-electron chi connectivity index (χ3n) is 3.82. The number of pyridine rings is 1. The van der Waals surface area contributed by atoms with Gasteiger partial charge in [0.1, 0.15) is 5.69 Å². The van der Waals surface area contributed by atoms with Crippen LogP contribution in [0.5, 0.6) is 0 Å². The molecule has 0 aliphatic carbocycles. The Hall–Kier alpha value is -3.10. The highest BCUT2D eigenvalue weighted by molar-refractivity contribution is 7.14. The number of rotatable bonds is 6. The summed E-state index contributed by atoms with van der Waals surface area (Å²) in [5.41, 5.74) is 2.35. The summed E-state index contributed by atoms with van der Waals surface area (Å²) < 4.78 is 5.19. The fraction of sp³-hybridized carbons (Fsp3) is 0.105. The molecule has 0 saturated carbocycles. The molecule has 140 valence electrons. The maximum Gasteiger partial charge on any atom is 0.227 e. The molecular weight excluding hydrogens is 398 g/mol. The van der Waals surface area contributed by atoms with Crippen LogP contribution in [0.3, 0.4) is 0 Å². The summed E-state index contributed by atoms with van der Waals surface area (Å²) in [6, 6.07) is 12.8. The van der Waals surface area contributed by atoms with Gasteiger partial charge in [-0.1, -0.05) is 35.0 Å². The normalized spacial score (nSPS) is 10.8. The van der Waals surface area contributed by atoms with Crippen LogP contribution in [0.4, 0.5) is 5.13 Å². The van der Waals surface area contributed by atoms with Crippen molar-refractivity contribution in [3.63, 3.8) is 0 Å². The highest BCUT2D eigenvalue weighted by Crippen LogP contribution is 2.26. The standard InChI is InChI=1S/C19H14ClN5O2S/c20-13-6-4-12(5-7-13)15-11-28-19(22-15)23-16(26)8-9-17-24-18(25-27-17)14-3-1-2-10-21-14/h1-7,10-11H,8-9H2,(H,22,23,26). The molecule has 1 aromatic carbocycles. The number of benzene rings is 1. The van der Waals surface area contributed by atoms with Gasteiger partial charge in [0.25, 0.3) is 0 Å². The minimum atomic E-state index is -0.172. The zero-order valence-electron chi connectivity index (χ0n) is 14.5. The van der Waals surface area contributed by atoms with E-state index in [-0.39, 0.29) is 12.3 Å². The van der Waals surface area contributed by atoms with Crippen molar-refractivity contribution >= 4 is 34.0 Å². The third kappa shape index (κ3) is 4.41. The Morgan fingerprint density at radius 3 is 2.75 bits per heavy atom. The maximum atomic E-state index is 12.2. The quantitative estimate of drug-likeness (QED) is 0.502. The number of carbonyl (C=O) groups excluding carboxylic acids is 1. The van der Waals surface area contributed by atoms with Gasteiger partial charge in [-0.25, -0.2) is 4.98 Å². The minimum Gasteiger partial charge on any atom is -0.339 e. The molecule has 0 saturated heterocycles. The second-order valence-corrected chi connectivity index (χ2v) is 7.11. The number of carbonyl (C=O) groups is 1. The average molecular weight is 412 g/mol. The molecule has 7 nitrogen and oxygen atoms in total. The number of aromatic nitrogens is 4. The molecule has 0 bridgehead atoms. The molecule has 4 aromatic rings. The lowest BCUT2D eigenvalue weighted by atomic mass is 10.2. The lowest BCUT2D eigenvalue weighted by Gasteiger charge is -1.99. The lowest BCUT2D eigenvalue weighted by Crippen LogP contribution is -2.12. The van der Waals surface area contributed by atoms with Gasteiger partial charge in [-0.15, -0.1) is 11.3 Å². The highest BCUT2D eigenvalue weighted by atomic mass is 35.5. The first-order valence-corrected chi connectivity index (χ1v) is 9.68. The summed E-state index contributed by atoms with van der Waals surface area (Å²) in [5, 5.41) is 9.77. The highest BCUT2D eigenvalue weighted by Gasteiger charge is 2.13. The SMILES string of the molecule is O=C(CCc1nc(-c2ccccn2)no1)Nc1nc(-c2ccc(Cl)cc2)cs1. The number of hydrogen-bond donors (Lipinski definition) is 1. The molecule has 1 amide bonds. The van der Waals surface area contributed by atoms with Crippen molar-refractivity contribution in [2.24, 2.45) is 0 Å². The van der Waals surface area contributed by atoms with E-state index in [1.807, 2.05) is 29.6 Å². The number of amides is 1. The third-order valence-corrected chi connectivity index (χ3v) is 4.83. The Labute approximate surface area is 169 Å². The molecule has 0 fully saturated rings. The molecule has 3 aromatic heterocycles. The van der Waals surface area contributed by atoms with Gasteiger partial charge in [-0.3, -0.25) is 9.78 Å². The average Bonchev–Trinajstić information content (AvgIpc) is 3.37. The van der Waals surface area contributed by atoms with Crippen LogP contribution in [-0.4, -0.2) is 26.0 Å². The molecule has 9 heteroatoms. The van der Waals surface area contributed by atoms with E-state index < -0.39 is 0 Å². The Balaban J connectivity index is 1.33. The summed E-state index contributed by atoms with van der Waals surface area (Å²) in [6.45, 7) is 0. The zero-order valence-corrected chi connectivity index (χ0v) is 16.1. The molecule has 0 aliphatic heterocycles. The van der Waals surface area contributed by atoms with Crippen LogP contribution in [0.25, 0.3) is 22.8 Å². The molecule has 3 heterocycles. The molecule has 0 aliphatic rings. The van der Waals surface area contributed by atoms with Gasteiger partial charge in [-0.05, 0) is 24.3 Å². The first kappa shape index (κ1) is 18.3. The summed E-state index contributed by atoms with van der Waals surface area (Å²) in [7, 11) is 0. The fourth-order valence-corrected chi connectivity index (χ4v) is 3.30. The Kier molecular flexibility index (Phi) is 5.41. The van der Waals surface area contributed by atoms with Gasteiger partial charge >= 0.3 is 0 Å². The van der Waals surface area contributed by atoms with Gasteiger partial charge in [0.2, 0.25) is 17.6 Å². The molecular formula is C19H14ClN5O2S. The van der Waals surface area contributed by atoms with Gasteiger partial charge in [-0.2, -0.15) is 4.98 Å². The number of nitrogens with one attached hydrogen (secondary N) is 1. The topological polar surface area (TPSA) is 93.8 Å². The molecule has 0 spiro atoms. The number of hydrogen-bond acceptors (Lipinski definition) is 7. The van der Waals surface area contributed by atoms with Crippen molar-refractivity contribution in [3.05, 3.63) is 65.0 Å². The van der Waals surface area contributed by atoms with Crippen LogP contribution in [-0.2, 0) is 11.2 Å². The number of nitrogens with zero attached hydrogens (tertiary/aromatic N) is 4. The van der Waals surface area contributed by atoms with E-state index >= 15 is 0 Å². The fourth-order valence-electron chi connectivity index (χ4n) is 2.44. The largest absolute Gasteiger partial charge is 0.339 e. The summed E-state index contributed by atoms with van der Waals surface area (Å²) in [4.78, 5) is 25.1. The van der Waals surface area contributed by atoms with E-state index in [0.717, 1.165) is 11.3 Å². The molecule has 0 atom stereocenters. The summed E-state index contributed by atoms with van der Waals surface area (Å²) in [6.07, 6.45) is 2.20. The Morgan fingerprint density at radius 1 is 1.11 bits per heavy atom. The van der Waals surface area contributed by atoms with Crippen molar-refractivity contribution in [3.8, 4) is 22.8 Å². The van der Waals surface area contributed by atoms with E-state index in [9.17, 15) is 4.79 Å². The van der Waals surface area contributed by atoms with Crippen molar-refractivity contribution in [1.82, 2.24) is 20.1 Å². The monoisotopic (exact) mass is 411 g/mol. The van der Waals surface area contributed by atoms with Crippen LogP contribution < -0.4 is 5.32 Å². The van der Waals surface area contributed by atoms with Crippen LogP contribution in [0, 0.1) is 0 Å².